The Balaban J connectivity index is 1.45. The van der Waals surface area contributed by atoms with Crippen molar-refractivity contribution in [2.75, 3.05) is 18.5 Å². The van der Waals surface area contributed by atoms with Crippen LogP contribution in [-0.2, 0) is 27.2 Å². The van der Waals surface area contributed by atoms with E-state index in [0.717, 1.165) is 25.3 Å². The molecule has 27 heavy (non-hydrogen) atoms. The second-order valence-electron chi connectivity index (χ2n) is 6.00. The zero-order valence-electron chi connectivity index (χ0n) is 14.2. The van der Waals surface area contributed by atoms with Gasteiger partial charge in [-0.15, -0.1) is 0 Å². The van der Waals surface area contributed by atoms with E-state index in [1.807, 2.05) is 17.4 Å². The summed E-state index contributed by atoms with van der Waals surface area (Å²) in [5.74, 6) is -5.77. The van der Waals surface area contributed by atoms with Gasteiger partial charge in [-0.25, -0.2) is 18.0 Å². The Morgan fingerprint density at radius 3 is 2.56 bits per heavy atom. The van der Waals surface area contributed by atoms with Crippen molar-refractivity contribution in [2.24, 2.45) is 0 Å². The van der Waals surface area contributed by atoms with E-state index in [9.17, 15) is 22.8 Å². The van der Waals surface area contributed by atoms with Crippen molar-refractivity contribution in [2.45, 2.75) is 19.3 Å². The molecule has 0 heterocycles. The molecule has 1 amide bonds. The predicted molar refractivity (Wildman–Crippen MR) is 89.9 cm³/mol. The molecule has 142 valence electrons. The smallest absolute Gasteiger partial charge is 0.344 e. The van der Waals surface area contributed by atoms with E-state index in [-0.39, 0.29) is 0 Å². The van der Waals surface area contributed by atoms with Crippen LogP contribution in [0, 0.1) is 17.5 Å². The predicted octanol–water partition coefficient (Wildman–Crippen LogP) is 3.15. The van der Waals surface area contributed by atoms with Crippen LogP contribution in [0.5, 0.6) is 5.75 Å². The number of rotatable bonds is 6. The standard InChI is InChI=1S/C19H16F3NO4/c20-14-6-7-15(19(22)18(14)21)23-16(24)9-27-17(25)10-26-13-5-4-11-2-1-3-12(11)8-13/h4-8H,1-3,9-10H2,(H,23,24). The van der Waals surface area contributed by atoms with Gasteiger partial charge in [0.15, 0.2) is 30.7 Å². The highest BCUT2D eigenvalue weighted by Crippen LogP contribution is 2.26. The molecule has 0 bridgehead atoms. The maximum atomic E-state index is 13.5. The lowest BCUT2D eigenvalue weighted by Gasteiger charge is -2.09. The van der Waals surface area contributed by atoms with Crippen molar-refractivity contribution in [1.82, 2.24) is 0 Å². The number of aryl methyl sites for hydroxylation is 2. The fraction of sp³-hybridized carbons (Fsp3) is 0.263. The highest BCUT2D eigenvalue weighted by molar-refractivity contribution is 5.93. The van der Waals surface area contributed by atoms with Crippen LogP contribution >= 0.6 is 0 Å². The summed E-state index contributed by atoms with van der Waals surface area (Å²) >= 11 is 0. The zero-order valence-corrected chi connectivity index (χ0v) is 14.2. The molecule has 5 nitrogen and oxygen atoms in total. The first-order valence-electron chi connectivity index (χ1n) is 8.27. The number of esters is 1. The van der Waals surface area contributed by atoms with Gasteiger partial charge in [0.25, 0.3) is 5.91 Å². The fourth-order valence-corrected chi connectivity index (χ4v) is 2.78. The molecule has 2 aromatic rings. The number of hydrogen-bond donors (Lipinski definition) is 1. The number of halogens is 3. The lowest BCUT2D eigenvalue weighted by atomic mass is 10.1. The third-order valence-electron chi connectivity index (χ3n) is 4.10. The van der Waals surface area contributed by atoms with Crippen LogP contribution in [0.1, 0.15) is 17.5 Å². The minimum Gasteiger partial charge on any atom is -0.482 e. The molecule has 0 saturated heterocycles. The summed E-state index contributed by atoms with van der Waals surface area (Å²) < 4.78 is 49.5. The van der Waals surface area contributed by atoms with Gasteiger partial charge in [0, 0.05) is 0 Å². The Hall–Kier alpha value is -3.03. The van der Waals surface area contributed by atoms with E-state index in [0.29, 0.717) is 11.8 Å². The molecule has 0 spiro atoms. The number of nitrogens with one attached hydrogen (secondary N) is 1. The summed E-state index contributed by atoms with van der Waals surface area (Å²) in [6.45, 7) is -1.11. The number of benzene rings is 2. The highest BCUT2D eigenvalue weighted by atomic mass is 19.2. The summed E-state index contributed by atoms with van der Waals surface area (Å²) in [6.07, 6.45) is 3.09. The Morgan fingerprint density at radius 2 is 1.74 bits per heavy atom. The first-order chi connectivity index (χ1) is 12.9. The van der Waals surface area contributed by atoms with Gasteiger partial charge in [0.2, 0.25) is 0 Å². The lowest BCUT2D eigenvalue weighted by Crippen LogP contribution is -2.24. The van der Waals surface area contributed by atoms with Crippen LogP contribution < -0.4 is 10.1 Å². The van der Waals surface area contributed by atoms with Crippen molar-refractivity contribution in [3.63, 3.8) is 0 Å². The van der Waals surface area contributed by atoms with Crippen molar-refractivity contribution < 1.29 is 32.2 Å². The molecule has 1 N–H and O–H groups in total. The van der Waals surface area contributed by atoms with Gasteiger partial charge in [0.1, 0.15) is 5.75 Å². The van der Waals surface area contributed by atoms with Gasteiger partial charge in [-0.05, 0) is 54.7 Å². The number of anilines is 1. The number of carbonyl (C=O) groups excluding carboxylic acids is 2. The van der Waals surface area contributed by atoms with Crippen molar-refractivity contribution >= 4 is 17.6 Å². The van der Waals surface area contributed by atoms with Crippen LogP contribution in [0.4, 0.5) is 18.9 Å². The number of hydrogen-bond acceptors (Lipinski definition) is 4. The first-order valence-corrected chi connectivity index (χ1v) is 8.27. The molecular weight excluding hydrogens is 363 g/mol. The average molecular weight is 379 g/mol. The van der Waals surface area contributed by atoms with E-state index in [4.69, 9.17) is 9.47 Å². The van der Waals surface area contributed by atoms with Crippen LogP contribution in [0.2, 0.25) is 0 Å². The van der Waals surface area contributed by atoms with Crippen molar-refractivity contribution in [3.05, 3.63) is 58.9 Å². The second kappa shape index (κ2) is 8.11. The Morgan fingerprint density at radius 1 is 0.963 bits per heavy atom. The van der Waals surface area contributed by atoms with E-state index in [1.54, 1.807) is 6.07 Å². The van der Waals surface area contributed by atoms with Crippen LogP contribution in [-0.4, -0.2) is 25.1 Å². The molecule has 0 unspecified atom stereocenters. The maximum Gasteiger partial charge on any atom is 0.344 e. The van der Waals surface area contributed by atoms with Gasteiger partial charge in [-0.3, -0.25) is 4.79 Å². The van der Waals surface area contributed by atoms with E-state index in [2.05, 4.69) is 0 Å². The topological polar surface area (TPSA) is 64.6 Å². The van der Waals surface area contributed by atoms with Crippen LogP contribution in [0.25, 0.3) is 0 Å². The summed E-state index contributed by atoms with van der Waals surface area (Å²) in [5, 5.41) is 2.00. The maximum absolute atomic E-state index is 13.5. The number of fused-ring (bicyclic) bond motifs is 1. The monoisotopic (exact) mass is 379 g/mol. The minimum atomic E-state index is -1.70. The van der Waals surface area contributed by atoms with Gasteiger partial charge in [0.05, 0.1) is 5.69 Å². The molecular formula is C19H16F3NO4. The average Bonchev–Trinajstić information content (AvgIpc) is 3.13. The summed E-state index contributed by atoms with van der Waals surface area (Å²) in [6, 6.07) is 7.12. The minimum absolute atomic E-state index is 0.397. The largest absolute Gasteiger partial charge is 0.482 e. The quantitative estimate of drug-likeness (QED) is 0.619. The Labute approximate surface area is 153 Å². The van der Waals surface area contributed by atoms with Gasteiger partial charge in [-0.2, -0.15) is 0 Å². The molecule has 0 saturated carbocycles. The first kappa shape index (κ1) is 18.8. The fourth-order valence-electron chi connectivity index (χ4n) is 2.78. The zero-order chi connectivity index (χ0) is 19.4. The van der Waals surface area contributed by atoms with E-state index < -0.39 is 48.2 Å². The number of ether oxygens (including phenoxy) is 2. The molecule has 8 heteroatoms. The van der Waals surface area contributed by atoms with Crippen LogP contribution in [0.3, 0.4) is 0 Å². The van der Waals surface area contributed by atoms with Gasteiger partial charge in [-0.1, -0.05) is 6.07 Å². The molecule has 0 atom stereocenters. The number of amides is 1. The Kier molecular flexibility index (Phi) is 5.63. The third kappa shape index (κ3) is 4.58. The second-order valence-corrected chi connectivity index (χ2v) is 6.00. The van der Waals surface area contributed by atoms with Crippen LogP contribution in [0.15, 0.2) is 30.3 Å². The molecule has 0 aromatic heterocycles. The molecule has 1 aliphatic carbocycles. The van der Waals surface area contributed by atoms with E-state index in [1.165, 1.54) is 11.1 Å². The van der Waals surface area contributed by atoms with Crippen molar-refractivity contribution in [3.8, 4) is 5.75 Å². The summed E-state index contributed by atoms with van der Waals surface area (Å²) in [4.78, 5) is 23.3. The molecule has 1 aliphatic rings. The SMILES string of the molecule is O=C(COC(=O)COc1ccc2c(c1)CCC2)Nc1ccc(F)c(F)c1F. The molecule has 2 aromatic carbocycles. The molecule has 0 fully saturated rings. The van der Waals surface area contributed by atoms with Gasteiger partial charge >= 0.3 is 5.97 Å². The normalized spacial score (nSPS) is 12.4. The number of carbonyl (C=O) groups is 2. The van der Waals surface area contributed by atoms with E-state index >= 15 is 0 Å². The highest BCUT2D eigenvalue weighted by Gasteiger charge is 2.16. The van der Waals surface area contributed by atoms with Crippen molar-refractivity contribution in [1.29, 1.82) is 0 Å². The molecule has 0 radical (unpaired) electrons. The molecule has 3 rings (SSSR count). The summed E-state index contributed by atoms with van der Waals surface area (Å²) in [7, 11) is 0. The lowest BCUT2D eigenvalue weighted by molar-refractivity contribution is -0.149. The van der Waals surface area contributed by atoms with Gasteiger partial charge < -0.3 is 14.8 Å². The summed E-state index contributed by atoms with van der Waals surface area (Å²) in [5.41, 5.74) is 1.91. The molecule has 0 aliphatic heterocycles. The Bertz CT molecular complexity index is 885. The third-order valence-corrected chi connectivity index (χ3v) is 4.10.